The van der Waals surface area contributed by atoms with Gasteiger partial charge >= 0.3 is 5.97 Å². The Morgan fingerprint density at radius 1 is 1.35 bits per heavy atom. The van der Waals surface area contributed by atoms with Crippen molar-refractivity contribution in [2.24, 2.45) is 5.92 Å². The van der Waals surface area contributed by atoms with Crippen LogP contribution in [0.3, 0.4) is 0 Å². The lowest BCUT2D eigenvalue weighted by Gasteiger charge is -2.31. The molecule has 1 unspecified atom stereocenters. The topological polar surface area (TPSA) is 66.8 Å². The zero-order valence-corrected chi connectivity index (χ0v) is 11.2. The number of amides is 1. The molecule has 0 saturated carbocycles. The van der Waals surface area contributed by atoms with Crippen LogP contribution in [0.25, 0.3) is 0 Å². The summed E-state index contributed by atoms with van der Waals surface area (Å²) >= 11 is 0. The van der Waals surface area contributed by atoms with E-state index in [0.717, 1.165) is 24.1 Å². The third-order valence-corrected chi connectivity index (χ3v) is 4.03. The number of hydrogen-bond donors (Lipinski definition) is 1. The van der Waals surface area contributed by atoms with Crippen LogP contribution < -0.4 is 4.90 Å². The summed E-state index contributed by atoms with van der Waals surface area (Å²) in [5, 5.41) is 9.25. The second-order valence-electron chi connectivity index (χ2n) is 5.26. The third kappa shape index (κ3) is 2.18. The van der Waals surface area contributed by atoms with E-state index in [9.17, 15) is 14.7 Å². The molecule has 2 aliphatic rings. The molecule has 5 heteroatoms. The minimum absolute atomic E-state index is 0.0611. The number of fused-ring (bicyclic) bond motifs is 1. The van der Waals surface area contributed by atoms with E-state index in [1.165, 1.54) is 0 Å². The molecule has 0 bridgehead atoms. The van der Waals surface area contributed by atoms with E-state index >= 15 is 0 Å². The SMILES string of the molecule is O=C(O)c1cccc2c1CCCN2C(=O)C1CCOC1. The number of aromatic carboxylic acids is 1. The summed E-state index contributed by atoms with van der Waals surface area (Å²) in [6.07, 6.45) is 2.27. The Morgan fingerprint density at radius 3 is 2.90 bits per heavy atom. The maximum Gasteiger partial charge on any atom is 0.336 e. The van der Waals surface area contributed by atoms with Crippen LogP contribution in [-0.4, -0.2) is 36.7 Å². The van der Waals surface area contributed by atoms with Crippen molar-refractivity contribution in [3.8, 4) is 0 Å². The summed E-state index contributed by atoms with van der Waals surface area (Å²) in [4.78, 5) is 25.6. The molecule has 5 nitrogen and oxygen atoms in total. The molecule has 1 fully saturated rings. The van der Waals surface area contributed by atoms with Crippen LogP contribution in [0.5, 0.6) is 0 Å². The van der Waals surface area contributed by atoms with Crippen molar-refractivity contribution >= 4 is 17.6 Å². The smallest absolute Gasteiger partial charge is 0.336 e. The van der Waals surface area contributed by atoms with Crippen molar-refractivity contribution in [3.05, 3.63) is 29.3 Å². The molecule has 2 heterocycles. The van der Waals surface area contributed by atoms with Crippen molar-refractivity contribution in [3.63, 3.8) is 0 Å². The minimum atomic E-state index is -0.930. The number of carbonyl (C=O) groups excluding carboxylic acids is 1. The zero-order valence-electron chi connectivity index (χ0n) is 11.2. The molecule has 1 saturated heterocycles. The predicted octanol–water partition coefficient (Wildman–Crippen LogP) is 1.70. The lowest BCUT2D eigenvalue weighted by molar-refractivity contribution is -0.122. The van der Waals surface area contributed by atoms with E-state index in [2.05, 4.69) is 0 Å². The highest BCUT2D eigenvalue weighted by molar-refractivity contribution is 5.99. The Bertz CT molecular complexity index is 549. The fourth-order valence-electron chi connectivity index (χ4n) is 3.00. The van der Waals surface area contributed by atoms with Gasteiger partial charge in [0.15, 0.2) is 0 Å². The lowest BCUT2D eigenvalue weighted by Crippen LogP contribution is -2.40. The second kappa shape index (κ2) is 5.25. The van der Waals surface area contributed by atoms with E-state index in [4.69, 9.17) is 4.74 Å². The number of anilines is 1. The number of ether oxygens (including phenoxy) is 1. The van der Waals surface area contributed by atoms with E-state index in [-0.39, 0.29) is 11.8 Å². The Kier molecular flexibility index (Phi) is 3.44. The van der Waals surface area contributed by atoms with Crippen LogP contribution in [0.4, 0.5) is 5.69 Å². The molecule has 1 atom stereocenters. The van der Waals surface area contributed by atoms with Crippen LogP contribution in [0, 0.1) is 5.92 Å². The van der Waals surface area contributed by atoms with Gasteiger partial charge in [0.25, 0.3) is 0 Å². The molecule has 1 amide bonds. The Balaban J connectivity index is 1.95. The lowest BCUT2D eigenvalue weighted by atomic mass is 9.95. The molecule has 3 rings (SSSR count). The molecule has 20 heavy (non-hydrogen) atoms. The normalized spacial score (nSPS) is 21.6. The largest absolute Gasteiger partial charge is 0.478 e. The fraction of sp³-hybridized carbons (Fsp3) is 0.467. The summed E-state index contributed by atoms with van der Waals surface area (Å²) in [6.45, 7) is 1.76. The number of benzene rings is 1. The summed E-state index contributed by atoms with van der Waals surface area (Å²) in [5.41, 5.74) is 1.84. The quantitative estimate of drug-likeness (QED) is 0.892. The summed E-state index contributed by atoms with van der Waals surface area (Å²) in [6, 6.07) is 5.15. The van der Waals surface area contributed by atoms with Gasteiger partial charge in [0, 0.05) is 18.8 Å². The van der Waals surface area contributed by atoms with Gasteiger partial charge in [-0.25, -0.2) is 4.79 Å². The third-order valence-electron chi connectivity index (χ3n) is 4.03. The number of rotatable bonds is 2. The average Bonchev–Trinajstić information content (AvgIpc) is 2.99. The molecule has 0 radical (unpaired) electrons. The van der Waals surface area contributed by atoms with Crippen molar-refractivity contribution in [2.75, 3.05) is 24.7 Å². The highest BCUT2D eigenvalue weighted by atomic mass is 16.5. The molecule has 0 spiro atoms. The highest BCUT2D eigenvalue weighted by Gasteiger charge is 2.32. The molecule has 1 aromatic rings. The molecule has 1 aromatic carbocycles. The summed E-state index contributed by atoms with van der Waals surface area (Å²) in [5.74, 6) is -0.958. The van der Waals surface area contributed by atoms with Gasteiger partial charge in [0.1, 0.15) is 0 Å². The Labute approximate surface area is 117 Å². The summed E-state index contributed by atoms with van der Waals surface area (Å²) < 4.78 is 5.28. The fourth-order valence-corrected chi connectivity index (χ4v) is 3.00. The molecular formula is C15H17NO4. The molecule has 0 aliphatic carbocycles. The molecule has 2 aliphatic heterocycles. The Morgan fingerprint density at radius 2 is 2.20 bits per heavy atom. The van der Waals surface area contributed by atoms with Crippen molar-refractivity contribution in [2.45, 2.75) is 19.3 Å². The number of carboxylic acid groups (broad SMARTS) is 1. The Hall–Kier alpha value is -1.88. The van der Waals surface area contributed by atoms with E-state index in [1.807, 2.05) is 6.07 Å². The first-order chi connectivity index (χ1) is 9.68. The highest BCUT2D eigenvalue weighted by Crippen LogP contribution is 2.32. The number of hydrogen-bond acceptors (Lipinski definition) is 3. The molecular weight excluding hydrogens is 258 g/mol. The van der Waals surface area contributed by atoms with Crippen molar-refractivity contribution < 1.29 is 19.4 Å². The second-order valence-corrected chi connectivity index (χ2v) is 5.26. The zero-order chi connectivity index (χ0) is 14.1. The first-order valence-corrected chi connectivity index (χ1v) is 6.93. The summed E-state index contributed by atoms with van der Waals surface area (Å²) in [7, 11) is 0. The minimum Gasteiger partial charge on any atom is -0.478 e. The van der Waals surface area contributed by atoms with Gasteiger partial charge in [-0.05, 0) is 37.0 Å². The number of carbonyl (C=O) groups is 2. The van der Waals surface area contributed by atoms with Gasteiger partial charge in [0.05, 0.1) is 18.1 Å². The van der Waals surface area contributed by atoms with Gasteiger partial charge < -0.3 is 14.7 Å². The van der Waals surface area contributed by atoms with Gasteiger partial charge in [-0.15, -0.1) is 0 Å². The van der Waals surface area contributed by atoms with E-state index < -0.39 is 5.97 Å². The number of carboxylic acids is 1. The first-order valence-electron chi connectivity index (χ1n) is 6.93. The average molecular weight is 275 g/mol. The maximum absolute atomic E-state index is 12.5. The van der Waals surface area contributed by atoms with Crippen LogP contribution in [0.1, 0.15) is 28.8 Å². The van der Waals surface area contributed by atoms with Gasteiger partial charge in [-0.3, -0.25) is 4.79 Å². The van der Waals surface area contributed by atoms with Crippen molar-refractivity contribution in [1.82, 2.24) is 0 Å². The molecule has 106 valence electrons. The standard InChI is InChI=1S/C15H17NO4/c17-14(10-6-8-20-9-10)16-7-2-4-11-12(15(18)19)3-1-5-13(11)16/h1,3,5,10H,2,4,6-9H2,(H,18,19). The molecule has 0 aromatic heterocycles. The van der Waals surface area contributed by atoms with E-state index in [1.54, 1.807) is 17.0 Å². The number of nitrogens with zero attached hydrogens (tertiary/aromatic N) is 1. The van der Waals surface area contributed by atoms with E-state index in [0.29, 0.717) is 31.7 Å². The van der Waals surface area contributed by atoms with Gasteiger partial charge in [0.2, 0.25) is 5.91 Å². The van der Waals surface area contributed by atoms with Crippen LogP contribution in [-0.2, 0) is 16.0 Å². The first kappa shape index (κ1) is 13.1. The van der Waals surface area contributed by atoms with Crippen molar-refractivity contribution in [1.29, 1.82) is 0 Å². The van der Waals surface area contributed by atoms with Crippen LogP contribution in [0.15, 0.2) is 18.2 Å². The van der Waals surface area contributed by atoms with Crippen LogP contribution in [0.2, 0.25) is 0 Å². The van der Waals surface area contributed by atoms with Gasteiger partial charge in [-0.1, -0.05) is 6.07 Å². The monoisotopic (exact) mass is 275 g/mol. The molecule has 1 N–H and O–H groups in total. The predicted molar refractivity (Wildman–Crippen MR) is 73.0 cm³/mol. The maximum atomic E-state index is 12.5. The van der Waals surface area contributed by atoms with Crippen LogP contribution >= 0.6 is 0 Å². The van der Waals surface area contributed by atoms with Gasteiger partial charge in [-0.2, -0.15) is 0 Å².